The number of aromatic nitrogens is 2. The first kappa shape index (κ1) is 17.2. The second-order valence-electron chi connectivity index (χ2n) is 6.56. The number of hydrogen-bond acceptors (Lipinski definition) is 5. The first-order valence-electron chi connectivity index (χ1n) is 8.95. The van der Waals surface area contributed by atoms with Crippen molar-refractivity contribution in [2.75, 3.05) is 0 Å². The Morgan fingerprint density at radius 3 is 2.52 bits per heavy atom. The quantitative estimate of drug-likeness (QED) is 0.520. The highest BCUT2D eigenvalue weighted by atomic mass is 16.4. The number of hydrogen-bond donors (Lipinski definition) is 1. The van der Waals surface area contributed by atoms with E-state index in [9.17, 15) is 0 Å². The van der Waals surface area contributed by atoms with Crippen LogP contribution < -0.4 is 5.32 Å². The van der Waals surface area contributed by atoms with Gasteiger partial charge in [0.25, 0.3) is 0 Å². The van der Waals surface area contributed by atoms with Gasteiger partial charge in [-0.15, -0.1) is 10.2 Å². The molecular formula is C22H21N3O2. The minimum absolute atomic E-state index is 0.106. The summed E-state index contributed by atoms with van der Waals surface area (Å²) in [5, 5.41) is 12.0. The molecule has 5 nitrogen and oxygen atoms in total. The minimum atomic E-state index is -0.147. The molecule has 2 heterocycles. The van der Waals surface area contributed by atoms with E-state index in [1.807, 2.05) is 68.4 Å². The molecule has 0 saturated carbocycles. The summed E-state index contributed by atoms with van der Waals surface area (Å²) in [7, 11) is 0. The van der Waals surface area contributed by atoms with Crippen molar-refractivity contribution >= 4 is 0 Å². The third-order valence-corrected chi connectivity index (χ3v) is 4.45. The fourth-order valence-electron chi connectivity index (χ4n) is 3.07. The molecule has 0 saturated heterocycles. The molecule has 0 spiro atoms. The number of nitrogens with one attached hydrogen (secondary N) is 1. The molecule has 0 aliphatic carbocycles. The molecule has 0 fully saturated rings. The highest BCUT2D eigenvalue weighted by Gasteiger charge is 2.23. The number of benzene rings is 2. The summed E-state index contributed by atoms with van der Waals surface area (Å²) in [6.45, 7) is 4.05. The normalized spacial score (nSPS) is 13.4. The van der Waals surface area contributed by atoms with Crippen molar-refractivity contribution in [3.63, 3.8) is 0 Å². The van der Waals surface area contributed by atoms with Crippen molar-refractivity contribution in [2.24, 2.45) is 0 Å². The first-order valence-corrected chi connectivity index (χ1v) is 8.95. The Morgan fingerprint density at radius 2 is 1.78 bits per heavy atom. The van der Waals surface area contributed by atoms with Crippen molar-refractivity contribution < 1.29 is 8.83 Å². The van der Waals surface area contributed by atoms with E-state index < -0.39 is 0 Å². The van der Waals surface area contributed by atoms with Crippen LogP contribution in [0.5, 0.6) is 0 Å². The van der Waals surface area contributed by atoms with Gasteiger partial charge in [-0.05, 0) is 43.7 Å². The van der Waals surface area contributed by atoms with Crippen molar-refractivity contribution in [3.8, 4) is 11.5 Å². The third-order valence-electron chi connectivity index (χ3n) is 4.45. The lowest BCUT2D eigenvalue weighted by atomic mass is 10.0. The second-order valence-corrected chi connectivity index (χ2v) is 6.56. The van der Waals surface area contributed by atoms with Gasteiger partial charge in [0.1, 0.15) is 5.76 Å². The molecule has 2 aromatic heterocycles. The van der Waals surface area contributed by atoms with Crippen LogP contribution in [0.1, 0.15) is 41.8 Å². The lowest BCUT2D eigenvalue weighted by molar-refractivity contribution is 0.372. The van der Waals surface area contributed by atoms with Gasteiger partial charge in [0.05, 0.1) is 18.3 Å². The number of nitrogens with zero attached hydrogens (tertiary/aromatic N) is 2. The number of furan rings is 1. The zero-order valence-electron chi connectivity index (χ0n) is 15.3. The lowest BCUT2D eigenvalue weighted by Gasteiger charge is -2.20. The van der Waals surface area contributed by atoms with Crippen LogP contribution in [0.15, 0.2) is 81.8 Å². The van der Waals surface area contributed by atoms with Crippen LogP contribution in [0.3, 0.4) is 0 Å². The van der Waals surface area contributed by atoms with E-state index in [1.54, 1.807) is 6.26 Å². The van der Waals surface area contributed by atoms with E-state index in [-0.39, 0.29) is 12.1 Å². The molecule has 1 N–H and O–H groups in total. The molecule has 4 rings (SSSR count). The molecule has 0 radical (unpaired) electrons. The summed E-state index contributed by atoms with van der Waals surface area (Å²) in [6, 6.07) is 21.8. The molecule has 136 valence electrons. The zero-order chi connectivity index (χ0) is 18.6. The summed E-state index contributed by atoms with van der Waals surface area (Å²) in [5.74, 6) is 1.90. The standard InChI is InChI=1S/C22H21N3O2/c1-15-8-6-11-18(14-15)22-25-24-21(27-22)16(2)23-20(19-12-7-13-26-19)17-9-4-3-5-10-17/h3-14,16,20,23H,1-2H3/t16-,20+/m1/s1. The summed E-state index contributed by atoms with van der Waals surface area (Å²) in [6.07, 6.45) is 1.68. The van der Waals surface area contributed by atoms with Crippen molar-refractivity contribution in [1.29, 1.82) is 0 Å². The molecule has 2 aromatic carbocycles. The van der Waals surface area contributed by atoms with Crippen molar-refractivity contribution in [3.05, 3.63) is 95.8 Å². The maximum Gasteiger partial charge on any atom is 0.247 e. The Hall–Kier alpha value is -3.18. The van der Waals surface area contributed by atoms with Gasteiger partial charge in [-0.2, -0.15) is 0 Å². The number of rotatable bonds is 6. The molecule has 0 amide bonds. The summed E-state index contributed by atoms with van der Waals surface area (Å²) >= 11 is 0. The van der Waals surface area contributed by atoms with Gasteiger partial charge in [0.2, 0.25) is 11.8 Å². The van der Waals surface area contributed by atoms with Crippen LogP contribution >= 0.6 is 0 Å². The Morgan fingerprint density at radius 1 is 0.926 bits per heavy atom. The minimum Gasteiger partial charge on any atom is -0.467 e. The smallest absolute Gasteiger partial charge is 0.247 e. The molecule has 0 unspecified atom stereocenters. The first-order chi connectivity index (χ1) is 13.2. The zero-order valence-corrected chi connectivity index (χ0v) is 15.3. The summed E-state index contributed by atoms with van der Waals surface area (Å²) in [5.41, 5.74) is 3.18. The van der Waals surface area contributed by atoms with Gasteiger partial charge in [-0.3, -0.25) is 5.32 Å². The fraction of sp³-hybridized carbons (Fsp3) is 0.182. The van der Waals surface area contributed by atoms with E-state index >= 15 is 0 Å². The lowest BCUT2D eigenvalue weighted by Crippen LogP contribution is -2.25. The molecule has 4 aromatic rings. The molecule has 5 heteroatoms. The molecular weight excluding hydrogens is 338 g/mol. The Labute approximate surface area is 158 Å². The van der Waals surface area contributed by atoms with Gasteiger partial charge in [0, 0.05) is 5.56 Å². The fourth-order valence-corrected chi connectivity index (χ4v) is 3.07. The second kappa shape index (κ2) is 7.60. The van der Waals surface area contributed by atoms with E-state index in [1.165, 1.54) is 0 Å². The van der Waals surface area contributed by atoms with Gasteiger partial charge in [-0.1, -0.05) is 48.0 Å². The SMILES string of the molecule is Cc1cccc(-c2nnc([C@@H](C)N[C@@H](c3ccccc3)c3ccco3)o2)c1. The highest BCUT2D eigenvalue weighted by molar-refractivity contribution is 5.53. The van der Waals surface area contributed by atoms with Crippen LogP contribution in [0.2, 0.25) is 0 Å². The topological polar surface area (TPSA) is 64.1 Å². The Bertz CT molecular complexity index is 993. The molecule has 27 heavy (non-hydrogen) atoms. The maximum atomic E-state index is 5.93. The van der Waals surface area contributed by atoms with Gasteiger partial charge in [-0.25, -0.2) is 0 Å². The van der Waals surface area contributed by atoms with Gasteiger partial charge < -0.3 is 8.83 Å². The Kier molecular flexibility index (Phi) is 4.85. The summed E-state index contributed by atoms with van der Waals surface area (Å²) in [4.78, 5) is 0. The van der Waals surface area contributed by atoms with Crippen LogP contribution in [-0.4, -0.2) is 10.2 Å². The predicted molar refractivity (Wildman–Crippen MR) is 103 cm³/mol. The molecule has 0 aliphatic rings. The third kappa shape index (κ3) is 3.83. The van der Waals surface area contributed by atoms with Crippen LogP contribution in [0.25, 0.3) is 11.5 Å². The largest absolute Gasteiger partial charge is 0.467 e. The highest BCUT2D eigenvalue weighted by Crippen LogP contribution is 2.27. The summed E-state index contributed by atoms with van der Waals surface area (Å²) < 4.78 is 11.6. The van der Waals surface area contributed by atoms with E-state index in [2.05, 4.69) is 27.6 Å². The Balaban J connectivity index is 1.58. The van der Waals surface area contributed by atoms with Crippen LogP contribution in [0, 0.1) is 6.92 Å². The van der Waals surface area contributed by atoms with Gasteiger partial charge in [0.15, 0.2) is 0 Å². The molecule has 2 atom stereocenters. The monoisotopic (exact) mass is 359 g/mol. The van der Waals surface area contributed by atoms with Crippen LogP contribution in [-0.2, 0) is 0 Å². The maximum absolute atomic E-state index is 5.93. The average molecular weight is 359 g/mol. The van der Waals surface area contributed by atoms with Crippen molar-refractivity contribution in [1.82, 2.24) is 15.5 Å². The molecule has 0 bridgehead atoms. The van der Waals surface area contributed by atoms with Gasteiger partial charge >= 0.3 is 0 Å². The predicted octanol–water partition coefficient (Wildman–Crippen LogP) is 5.08. The van der Waals surface area contributed by atoms with E-state index in [4.69, 9.17) is 8.83 Å². The van der Waals surface area contributed by atoms with E-state index in [0.717, 1.165) is 22.5 Å². The van der Waals surface area contributed by atoms with E-state index in [0.29, 0.717) is 11.8 Å². The average Bonchev–Trinajstić information content (AvgIpc) is 3.39. The molecule has 0 aliphatic heterocycles. The number of aryl methyl sites for hydroxylation is 1. The van der Waals surface area contributed by atoms with Crippen molar-refractivity contribution in [2.45, 2.75) is 25.9 Å². The van der Waals surface area contributed by atoms with Crippen LogP contribution in [0.4, 0.5) is 0 Å².